The van der Waals surface area contributed by atoms with Crippen LogP contribution in [0.1, 0.15) is 35.4 Å². The maximum atomic E-state index is 13.3. The largest absolute Gasteiger partial charge is 0.507 e. The summed E-state index contributed by atoms with van der Waals surface area (Å²) in [7, 11) is 0. The molecule has 7 nitrogen and oxygen atoms in total. The molecule has 0 spiro atoms. The van der Waals surface area contributed by atoms with Gasteiger partial charge in [0.05, 0.1) is 24.4 Å². The third-order valence-corrected chi connectivity index (χ3v) is 6.16. The van der Waals surface area contributed by atoms with Crippen LogP contribution in [0.5, 0.6) is 11.5 Å². The zero-order valence-corrected chi connectivity index (χ0v) is 19.3. The van der Waals surface area contributed by atoms with Crippen molar-refractivity contribution in [1.29, 1.82) is 0 Å². The normalized spacial score (nSPS) is 20.5. The first-order chi connectivity index (χ1) is 17.0. The molecule has 2 aliphatic rings. The van der Waals surface area contributed by atoms with Crippen molar-refractivity contribution in [3.8, 4) is 11.5 Å². The summed E-state index contributed by atoms with van der Waals surface area (Å²) in [5, 5.41) is 11.4. The van der Waals surface area contributed by atoms with Gasteiger partial charge in [0, 0.05) is 12.0 Å². The summed E-state index contributed by atoms with van der Waals surface area (Å²) in [4.78, 5) is 27.9. The number of benzene rings is 2. The van der Waals surface area contributed by atoms with Crippen LogP contribution >= 0.6 is 0 Å². The molecule has 1 N–H and O–H groups in total. The molecule has 0 aliphatic carbocycles. The Hall–Kier alpha value is -4.26. The molecule has 0 bridgehead atoms. The highest BCUT2D eigenvalue weighted by Gasteiger charge is 2.46. The van der Waals surface area contributed by atoms with Crippen molar-refractivity contribution in [2.24, 2.45) is 0 Å². The van der Waals surface area contributed by atoms with Crippen molar-refractivity contribution in [2.75, 3.05) is 6.61 Å². The monoisotopic (exact) mass is 471 g/mol. The third kappa shape index (κ3) is 4.21. The van der Waals surface area contributed by atoms with Gasteiger partial charge in [-0.25, -0.2) is 0 Å². The first-order valence-electron chi connectivity index (χ1n) is 11.4. The molecule has 1 aromatic heterocycles. The standard InChI is InChI=1S/C28H25NO6/c1-3-11-33-21-7-4-6-18(15-21)25-24(27(31)28(32)29(25)16-22-8-5-12-34-22)26(30)19-9-10-23-20(14-19)13-17(2)35-23/h3-10,12,14-15,17,25,30H,1,11,13,16H2,2H3/t17-,25+/m0/s1. The molecule has 2 aromatic carbocycles. The van der Waals surface area contributed by atoms with Crippen LogP contribution in [0.3, 0.4) is 0 Å². The van der Waals surface area contributed by atoms with Crippen LogP contribution < -0.4 is 9.47 Å². The van der Waals surface area contributed by atoms with Crippen LogP contribution in [0, 0.1) is 0 Å². The van der Waals surface area contributed by atoms with Crippen molar-refractivity contribution in [1.82, 2.24) is 4.90 Å². The van der Waals surface area contributed by atoms with Gasteiger partial charge in [0.25, 0.3) is 11.7 Å². The van der Waals surface area contributed by atoms with E-state index in [-0.39, 0.29) is 24.0 Å². The van der Waals surface area contributed by atoms with Gasteiger partial charge in [-0.05, 0) is 60.5 Å². The van der Waals surface area contributed by atoms with E-state index in [0.29, 0.717) is 35.7 Å². The number of aliphatic hydroxyl groups is 1. The highest BCUT2D eigenvalue weighted by Crippen LogP contribution is 2.42. The van der Waals surface area contributed by atoms with Crippen molar-refractivity contribution >= 4 is 17.4 Å². The number of fused-ring (bicyclic) bond motifs is 1. The average molecular weight is 472 g/mol. The highest BCUT2D eigenvalue weighted by atomic mass is 16.5. The molecule has 1 fully saturated rings. The zero-order chi connectivity index (χ0) is 24.5. The lowest BCUT2D eigenvalue weighted by atomic mass is 9.94. The number of Topliss-reactive ketones (excluding diaryl/α,β-unsaturated/α-hetero) is 1. The van der Waals surface area contributed by atoms with Crippen LogP contribution in [0.25, 0.3) is 5.76 Å². The molecule has 3 aromatic rings. The topological polar surface area (TPSA) is 89.2 Å². The van der Waals surface area contributed by atoms with Crippen molar-refractivity contribution in [2.45, 2.75) is 32.0 Å². The highest BCUT2D eigenvalue weighted by molar-refractivity contribution is 6.46. The number of carbonyl (C=O) groups is 2. The Morgan fingerprint density at radius 1 is 1.20 bits per heavy atom. The Balaban J connectivity index is 1.62. The SMILES string of the molecule is C=CCOc1cccc([C@@H]2C(=C(O)c3ccc4c(c3)C[C@H](C)O4)C(=O)C(=O)N2Cc2ccco2)c1. The molecule has 1 amide bonds. The summed E-state index contributed by atoms with van der Waals surface area (Å²) in [6, 6.07) is 15.1. The molecule has 0 saturated carbocycles. The Bertz CT molecular complexity index is 1320. The first-order valence-corrected chi connectivity index (χ1v) is 11.4. The van der Waals surface area contributed by atoms with E-state index in [4.69, 9.17) is 13.9 Å². The Morgan fingerprint density at radius 3 is 2.83 bits per heavy atom. The summed E-state index contributed by atoms with van der Waals surface area (Å²) in [6.45, 7) is 6.03. The van der Waals surface area contributed by atoms with Gasteiger partial charge >= 0.3 is 0 Å². The lowest BCUT2D eigenvalue weighted by molar-refractivity contribution is -0.140. The predicted octanol–water partition coefficient (Wildman–Crippen LogP) is 4.79. The minimum Gasteiger partial charge on any atom is -0.507 e. The number of ether oxygens (including phenoxy) is 2. The van der Waals surface area contributed by atoms with E-state index in [0.717, 1.165) is 11.3 Å². The number of amides is 1. The number of carbonyl (C=O) groups excluding carboxylic acids is 2. The molecule has 5 rings (SSSR count). The zero-order valence-electron chi connectivity index (χ0n) is 19.3. The molecular formula is C28H25NO6. The fourth-order valence-corrected chi connectivity index (χ4v) is 4.61. The van der Waals surface area contributed by atoms with Crippen molar-refractivity contribution < 1.29 is 28.6 Å². The van der Waals surface area contributed by atoms with Gasteiger partial charge in [-0.15, -0.1) is 0 Å². The number of furan rings is 1. The Kier molecular flexibility index (Phi) is 5.91. The van der Waals surface area contributed by atoms with E-state index in [1.165, 1.54) is 11.2 Å². The van der Waals surface area contributed by atoms with Crippen molar-refractivity contribution in [3.05, 3.63) is 102 Å². The number of aliphatic hydroxyl groups excluding tert-OH is 1. The van der Waals surface area contributed by atoms with Gasteiger partial charge in [0.1, 0.15) is 35.7 Å². The minimum atomic E-state index is -0.823. The maximum absolute atomic E-state index is 13.3. The van der Waals surface area contributed by atoms with Crippen LogP contribution in [0.15, 0.2) is 83.5 Å². The van der Waals surface area contributed by atoms with Crippen LogP contribution in [0.2, 0.25) is 0 Å². The van der Waals surface area contributed by atoms with E-state index in [2.05, 4.69) is 6.58 Å². The second-order valence-corrected chi connectivity index (χ2v) is 8.63. The van der Waals surface area contributed by atoms with Gasteiger partial charge < -0.3 is 23.9 Å². The van der Waals surface area contributed by atoms with Crippen LogP contribution in [-0.4, -0.2) is 34.4 Å². The smallest absolute Gasteiger partial charge is 0.296 e. The number of hydrogen-bond donors (Lipinski definition) is 1. The predicted molar refractivity (Wildman–Crippen MR) is 129 cm³/mol. The van der Waals surface area contributed by atoms with E-state index in [9.17, 15) is 14.7 Å². The number of nitrogens with zero attached hydrogens (tertiary/aromatic N) is 1. The summed E-state index contributed by atoms with van der Waals surface area (Å²) < 4.78 is 16.9. The summed E-state index contributed by atoms with van der Waals surface area (Å²) in [5.41, 5.74) is 2.07. The van der Waals surface area contributed by atoms with E-state index in [1.54, 1.807) is 54.6 Å². The molecule has 7 heteroatoms. The summed E-state index contributed by atoms with van der Waals surface area (Å²) in [5.74, 6) is 0.172. The first kappa shape index (κ1) is 22.5. The van der Waals surface area contributed by atoms with Gasteiger partial charge in [-0.3, -0.25) is 9.59 Å². The van der Waals surface area contributed by atoms with Gasteiger partial charge in [0.2, 0.25) is 0 Å². The molecule has 2 aliphatic heterocycles. The lowest BCUT2D eigenvalue weighted by Gasteiger charge is -2.25. The number of hydrogen-bond acceptors (Lipinski definition) is 6. The molecule has 35 heavy (non-hydrogen) atoms. The third-order valence-electron chi connectivity index (χ3n) is 6.16. The summed E-state index contributed by atoms with van der Waals surface area (Å²) in [6.07, 6.45) is 3.89. The van der Waals surface area contributed by atoms with Crippen molar-refractivity contribution in [3.63, 3.8) is 0 Å². The van der Waals surface area contributed by atoms with Gasteiger partial charge in [-0.1, -0.05) is 24.8 Å². The number of ketones is 1. The number of rotatable bonds is 7. The Morgan fingerprint density at radius 2 is 2.06 bits per heavy atom. The average Bonchev–Trinajstić information content (AvgIpc) is 3.56. The number of likely N-dealkylation sites (tertiary alicyclic amines) is 1. The molecule has 2 atom stereocenters. The lowest BCUT2D eigenvalue weighted by Crippen LogP contribution is -2.29. The fraction of sp³-hybridized carbons (Fsp3) is 0.214. The molecule has 178 valence electrons. The van der Waals surface area contributed by atoms with Gasteiger partial charge in [-0.2, -0.15) is 0 Å². The minimum absolute atomic E-state index is 0.0225. The second-order valence-electron chi connectivity index (χ2n) is 8.63. The molecule has 0 radical (unpaired) electrons. The molecule has 3 heterocycles. The van der Waals surface area contributed by atoms with Crippen LogP contribution in [-0.2, 0) is 22.6 Å². The van der Waals surface area contributed by atoms with Gasteiger partial charge in [0.15, 0.2) is 0 Å². The quantitative estimate of drug-likeness (QED) is 0.231. The maximum Gasteiger partial charge on any atom is 0.296 e. The molecule has 0 unspecified atom stereocenters. The fourth-order valence-electron chi connectivity index (χ4n) is 4.61. The molecular weight excluding hydrogens is 446 g/mol. The van der Waals surface area contributed by atoms with Crippen LogP contribution in [0.4, 0.5) is 0 Å². The Labute approximate surface area is 202 Å². The summed E-state index contributed by atoms with van der Waals surface area (Å²) >= 11 is 0. The second kappa shape index (κ2) is 9.18. The molecule has 1 saturated heterocycles. The van der Waals surface area contributed by atoms with E-state index < -0.39 is 17.7 Å². The van der Waals surface area contributed by atoms with E-state index in [1.807, 2.05) is 13.0 Å². The van der Waals surface area contributed by atoms with E-state index >= 15 is 0 Å².